The van der Waals surface area contributed by atoms with Gasteiger partial charge in [0.15, 0.2) is 0 Å². The molecule has 3 rings (SSSR count). The number of hydrogen-bond acceptors (Lipinski definition) is 2. The molecule has 1 atom stereocenters. The van der Waals surface area contributed by atoms with Crippen molar-refractivity contribution in [2.24, 2.45) is 5.92 Å². The summed E-state index contributed by atoms with van der Waals surface area (Å²) in [6, 6.07) is 9.75. The minimum atomic E-state index is -0.0548. The van der Waals surface area contributed by atoms with Crippen LogP contribution in [0.25, 0.3) is 0 Å². The number of allylic oxidation sites excluding steroid dienone is 1. The molecule has 3 amide bonds. The Balaban J connectivity index is 1.35. The van der Waals surface area contributed by atoms with Crippen LogP contribution in [0.5, 0.6) is 0 Å². The first-order valence-electron chi connectivity index (χ1n) is 9.24. The van der Waals surface area contributed by atoms with Gasteiger partial charge >= 0.3 is 6.03 Å². The van der Waals surface area contributed by atoms with Gasteiger partial charge < -0.3 is 15.5 Å². The van der Waals surface area contributed by atoms with E-state index in [4.69, 9.17) is 0 Å². The standard InChI is InChI=1S/C20H27N3O2/c24-19(22-14-16-6-2-1-3-7-16)10-12-21-20(25)23-13-11-17-8-4-5-9-18(17)15-23/h1-3,6-7,9,17H,4-5,8,10-15H2,(H,21,25)(H,22,24). The lowest BCUT2D eigenvalue weighted by Gasteiger charge is -2.36. The Morgan fingerprint density at radius 3 is 2.80 bits per heavy atom. The van der Waals surface area contributed by atoms with Crippen LogP contribution in [0.2, 0.25) is 0 Å². The maximum Gasteiger partial charge on any atom is 0.317 e. The van der Waals surface area contributed by atoms with Crippen molar-refractivity contribution in [2.45, 2.75) is 38.6 Å². The number of carbonyl (C=O) groups excluding carboxylic acids is 2. The molecule has 134 valence electrons. The molecule has 25 heavy (non-hydrogen) atoms. The summed E-state index contributed by atoms with van der Waals surface area (Å²) >= 11 is 0. The Hall–Kier alpha value is -2.30. The molecule has 2 aliphatic rings. The Morgan fingerprint density at radius 1 is 1.12 bits per heavy atom. The minimum Gasteiger partial charge on any atom is -0.352 e. The van der Waals surface area contributed by atoms with Crippen molar-refractivity contribution in [3.05, 3.63) is 47.5 Å². The highest BCUT2D eigenvalue weighted by atomic mass is 16.2. The van der Waals surface area contributed by atoms with Crippen molar-refractivity contribution in [3.63, 3.8) is 0 Å². The van der Waals surface area contributed by atoms with Gasteiger partial charge in [-0.15, -0.1) is 0 Å². The average molecular weight is 341 g/mol. The number of nitrogens with one attached hydrogen (secondary N) is 2. The predicted molar refractivity (Wildman–Crippen MR) is 97.9 cm³/mol. The van der Waals surface area contributed by atoms with E-state index in [0.29, 0.717) is 25.4 Å². The second-order valence-corrected chi connectivity index (χ2v) is 6.86. The number of rotatable bonds is 5. The fraction of sp³-hybridized carbons (Fsp3) is 0.500. The molecule has 0 bridgehead atoms. The molecule has 1 aliphatic carbocycles. The van der Waals surface area contributed by atoms with E-state index in [1.807, 2.05) is 35.2 Å². The van der Waals surface area contributed by atoms with Gasteiger partial charge in [-0.05, 0) is 37.2 Å². The van der Waals surface area contributed by atoms with E-state index in [0.717, 1.165) is 31.5 Å². The fourth-order valence-electron chi connectivity index (χ4n) is 3.59. The Labute approximate surface area is 149 Å². The average Bonchev–Trinajstić information content (AvgIpc) is 2.66. The molecule has 1 aliphatic heterocycles. The number of amides is 3. The summed E-state index contributed by atoms with van der Waals surface area (Å²) in [6.45, 7) is 2.46. The van der Waals surface area contributed by atoms with Crippen LogP contribution in [0.4, 0.5) is 4.79 Å². The fourth-order valence-corrected chi connectivity index (χ4v) is 3.59. The molecule has 1 saturated heterocycles. The van der Waals surface area contributed by atoms with Crippen molar-refractivity contribution in [1.82, 2.24) is 15.5 Å². The number of hydrogen-bond donors (Lipinski definition) is 2. The van der Waals surface area contributed by atoms with Crippen molar-refractivity contribution in [2.75, 3.05) is 19.6 Å². The molecule has 1 aromatic rings. The van der Waals surface area contributed by atoms with Gasteiger partial charge in [-0.1, -0.05) is 42.0 Å². The van der Waals surface area contributed by atoms with Crippen LogP contribution >= 0.6 is 0 Å². The molecular weight excluding hydrogens is 314 g/mol. The monoisotopic (exact) mass is 341 g/mol. The summed E-state index contributed by atoms with van der Waals surface area (Å²) in [7, 11) is 0. The van der Waals surface area contributed by atoms with Crippen molar-refractivity contribution in [3.8, 4) is 0 Å². The lowest BCUT2D eigenvalue weighted by molar-refractivity contribution is -0.121. The molecule has 0 radical (unpaired) electrons. The van der Waals surface area contributed by atoms with Gasteiger partial charge in [0.25, 0.3) is 0 Å². The normalized spacial score (nSPS) is 19.6. The number of urea groups is 1. The first kappa shape index (κ1) is 17.5. The summed E-state index contributed by atoms with van der Waals surface area (Å²) in [5.41, 5.74) is 2.50. The third-order valence-electron chi connectivity index (χ3n) is 5.06. The molecule has 1 unspecified atom stereocenters. The van der Waals surface area contributed by atoms with E-state index in [1.54, 1.807) is 0 Å². The van der Waals surface area contributed by atoms with Crippen LogP contribution in [0.3, 0.4) is 0 Å². The SMILES string of the molecule is O=C(CCNC(=O)N1CCC2CCCC=C2C1)NCc1ccccc1. The molecule has 5 nitrogen and oxygen atoms in total. The van der Waals surface area contributed by atoms with Crippen molar-refractivity contribution >= 4 is 11.9 Å². The van der Waals surface area contributed by atoms with Crippen LogP contribution in [0.15, 0.2) is 42.0 Å². The van der Waals surface area contributed by atoms with E-state index in [-0.39, 0.29) is 11.9 Å². The van der Waals surface area contributed by atoms with Gasteiger partial charge in [-0.25, -0.2) is 4.79 Å². The second-order valence-electron chi connectivity index (χ2n) is 6.86. The summed E-state index contributed by atoms with van der Waals surface area (Å²) in [6.07, 6.45) is 7.36. The summed E-state index contributed by atoms with van der Waals surface area (Å²) in [5, 5.41) is 5.75. The zero-order valence-corrected chi connectivity index (χ0v) is 14.7. The lowest BCUT2D eigenvalue weighted by Crippen LogP contribution is -2.46. The van der Waals surface area contributed by atoms with E-state index < -0.39 is 0 Å². The number of benzene rings is 1. The van der Waals surface area contributed by atoms with Gasteiger partial charge in [0, 0.05) is 32.6 Å². The molecule has 0 saturated carbocycles. The maximum absolute atomic E-state index is 12.3. The molecule has 2 N–H and O–H groups in total. The van der Waals surface area contributed by atoms with Gasteiger partial charge in [0.1, 0.15) is 0 Å². The molecule has 5 heteroatoms. The summed E-state index contributed by atoms with van der Waals surface area (Å²) < 4.78 is 0. The third-order valence-corrected chi connectivity index (χ3v) is 5.06. The molecular formula is C20H27N3O2. The van der Waals surface area contributed by atoms with Crippen molar-refractivity contribution in [1.29, 1.82) is 0 Å². The number of likely N-dealkylation sites (tertiary alicyclic amines) is 1. The zero-order valence-electron chi connectivity index (χ0n) is 14.7. The minimum absolute atomic E-state index is 0.0437. The predicted octanol–water partition coefficient (Wildman–Crippen LogP) is 2.83. The van der Waals surface area contributed by atoms with Gasteiger partial charge in [0.2, 0.25) is 5.91 Å². The molecule has 1 aromatic carbocycles. The zero-order chi connectivity index (χ0) is 17.5. The first-order valence-corrected chi connectivity index (χ1v) is 9.24. The summed E-state index contributed by atoms with van der Waals surface area (Å²) in [4.78, 5) is 26.0. The quantitative estimate of drug-likeness (QED) is 0.809. The molecule has 0 spiro atoms. The highest BCUT2D eigenvalue weighted by Gasteiger charge is 2.27. The number of piperidine rings is 1. The lowest BCUT2D eigenvalue weighted by atomic mass is 9.82. The summed E-state index contributed by atoms with van der Waals surface area (Å²) in [5.74, 6) is 0.638. The van der Waals surface area contributed by atoms with Crippen LogP contribution in [0.1, 0.15) is 37.7 Å². The van der Waals surface area contributed by atoms with Gasteiger partial charge in [-0.2, -0.15) is 0 Å². The highest BCUT2D eigenvalue weighted by Crippen LogP contribution is 2.31. The van der Waals surface area contributed by atoms with Crippen LogP contribution in [-0.4, -0.2) is 36.5 Å². The van der Waals surface area contributed by atoms with Crippen LogP contribution in [-0.2, 0) is 11.3 Å². The van der Waals surface area contributed by atoms with Gasteiger partial charge in [0.05, 0.1) is 0 Å². The molecule has 0 aromatic heterocycles. The van der Waals surface area contributed by atoms with E-state index in [9.17, 15) is 9.59 Å². The second kappa shape index (κ2) is 8.70. The largest absolute Gasteiger partial charge is 0.352 e. The van der Waals surface area contributed by atoms with Crippen molar-refractivity contribution < 1.29 is 9.59 Å². The van der Waals surface area contributed by atoms with E-state index in [2.05, 4.69) is 16.7 Å². The van der Waals surface area contributed by atoms with Crippen LogP contribution in [0, 0.1) is 5.92 Å². The van der Waals surface area contributed by atoms with Gasteiger partial charge in [-0.3, -0.25) is 4.79 Å². The molecule has 1 fully saturated rings. The maximum atomic E-state index is 12.3. The molecule has 1 heterocycles. The Morgan fingerprint density at radius 2 is 1.96 bits per heavy atom. The highest BCUT2D eigenvalue weighted by molar-refractivity contribution is 5.78. The van der Waals surface area contributed by atoms with E-state index in [1.165, 1.54) is 18.4 Å². The number of carbonyl (C=O) groups is 2. The van der Waals surface area contributed by atoms with E-state index >= 15 is 0 Å². The van der Waals surface area contributed by atoms with Crippen LogP contribution < -0.4 is 10.6 Å². The topological polar surface area (TPSA) is 61.4 Å². The Kier molecular flexibility index (Phi) is 6.09. The number of fused-ring (bicyclic) bond motifs is 1. The smallest absolute Gasteiger partial charge is 0.317 e. The Bertz CT molecular complexity index is 627. The third kappa shape index (κ3) is 5.08. The number of nitrogens with zero attached hydrogens (tertiary/aromatic N) is 1. The first-order chi connectivity index (χ1) is 12.2.